The summed E-state index contributed by atoms with van der Waals surface area (Å²) in [6.07, 6.45) is 5.31. The van der Waals surface area contributed by atoms with Crippen LogP contribution in [0.2, 0.25) is 0 Å². The third-order valence-electron chi connectivity index (χ3n) is 2.68. The number of hydrogen-bond donors (Lipinski definition) is 0. The second-order valence-corrected chi connectivity index (χ2v) is 3.86. The minimum Gasteiger partial charge on any atom is -0.296 e. The molecule has 16 heavy (non-hydrogen) atoms. The van der Waals surface area contributed by atoms with Gasteiger partial charge < -0.3 is 0 Å². The van der Waals surface area contributed by atoms with Gasteiger partial charge in [0.1, 0.15) is 5.82 Å². The molecular weight excluding hydrogens is 202 g/mol. The minimum absolute atomic E-state index is 0.0176. The molecule has 0 atom stereocenters. The lowest BCUT2D eigenvalue weighted by Gasteiger charge is -2.09. The van der Waals surface area contributed by atoms with Gasteiger partial charge in [0, 0.05) is 18.9 Å². The van der Waals surface area contributed by atoms with E-state index in [0.29, 0.717) is 5.39 Å². The Morgan fingerprint density at radius 1 is 1.44 bits per heavy atom. The molecular formula is C12H15N3O. The van der Waals surface area contributed by atoms with Crippen LogP contribution in [0.4, 0.5) is 0 Å². The lowest BCUT2D eigenvalue weighted by molar-refractivity contribution is 0.591. The van der Waals surface area contributed by atoms with Crippen molar-refractivity contribution in [3.63, 3.8) is 0 Å². The van der Waals surface area contributed by atoms with Gasteiger partial charge in [0.25, 0.3) is 5.56 Å². The molecule has 0 N–H and O–H groups in total. The van der Waals surface area contributed by atoms with Gasteiger partial charge in [0.2, 0.25) is 0 Å². The molecule has 0 bridgehead atoms. The van der Waals surface area contributed by atoms with Crippen LogP contribution in [-0.2, 0) is 6.54 Å². The molecule has 0 radical (unpaired) electrons. The Bertz CT molecular complexity index is 560. The Hall–Kier alpha value is -1.71. The van der Waals surface area contributed by atoms with E-state index in [1.807, 2.05) is 6.92 Å². The van der Waals surface area contributed by atoms with Gasteiger partial charge >= 0.3 is 0 Å². The molecule has 0 unspecified atom stereocenters. The summed E-state index contributed by atoms with van der Waals surface area (Å²) in [6, 6.07) is 1.77. The van der Waals surface area contributed by atoms with Crippen LogP contribution < -0.4 is 5.56 Å². The van der Waals surface area contributed by atoms with Crippen molar-refractivity contribution in [3.8, 4) is 0 Å². The summed E-state index contributed by atoms with van der Waals surface area (Å²) in [4.78, 5) is 20.5. The van der Waals surface area contributed by atoms with Crippen LogP contribution in [0.25, 0.3) is 10.9 Å². The van der Waals surface area contributed by atoms with E-state index in [0.717, 1.165) is 30.7 Å². The second kappa shape index (κ2) is 4.43. The van der Waals surface area contributed by atoms with E-state index >= 15 is 0 Å². The van der Waals surface area contributed by atoms with Crippen molar-refractivity contribution in [3.05, 3.63) is 34.6 Å². The van der Waals surface area contributed by atoms with E-state index in [-0.39, 0.29) is 5.56 Å². The van der Waals surface area contributed by atoms with Crippen LogP contribution >= 0.6 is 0 Å². The molecule has 2 heterocycles. The van der Waals surface area contributed by atoms with E-state index in [1.165, 1.54) is 0 Å². The predicted octanol–water partition coefficient (Wildman–Crippen LogP) is 1.90. The van der Waals surface area contributed by atoms with Gasteiger partial charge in [-0.1, -0.05) is 13.3 Å². The zero-order valence-corrected chi connectivity index (χ0v) is 9.60. The van der Waals surface area contributed by atoms with E-state index in [1.54, 1.807) is 23.0 Å². The summed E-state index contributed by atoms with van der Waals surface area (Å²) >= 11 is 0. The number of unbranched alkanes of at least 4 members (excludes halogenated alkanes) is 1. The Kier molecular flexibility index (Phi) is 2.99. The van der Waals surface area contributed by atoms with Crippen LogP contribution in [0.1, 0.15) is 25.6 Å². The average molecular weight is 217 g/mol. The molecule has 0 amide bonds. The van der Waals surface area contributed by atoms with Crippen LogP contribution in [0, 0.1) is 6.92 Å². The van der Waals surface area contributed by atoms with Crippen molar-refractivity contribution in [2.24, 2.45) is 0 Å². The van der Waals surface area contributed by atoms with Gasteiger partial charge in [-0.15, -0.1) is 0 Å². The number of fused-ring (bicyclic) bond motifs is 1. The molecule has 4 nitrogen and oxygen atoms in total. The highest BCUT2D eigenvalue weighted by Crippen LogP contribution is 2.06. The molecule has 2 aromatic heterocycles. The Morgan fingerprint density at radius 2 is 2.25 bits per heavy atom. The molecule has 4 heteroatoms. The lowest BCUT2D eigenvalue weighted by atomic mass is 10.3. The normalized spacial score (nSPS) is 10.9. The summed E-state index contributed by atoms with van der Waals surface area (Å²) in [5.74, 6) is 0.775. The molecule has 0 aliphatic carbocycles. The third-order valence-corrected chi connectivity index (χ3v) is 2.68. The molecule has 2 aromatic rings. The first kappa shape index (κ1) is 10.8. The molecule has 0 fully saturated rings. The van der Waals surface area contributed by atoms with E-state index < -0.39 is 0 Å². The van der Waals surface area contributed by atoms with E-state index in [4.69, 9.17) is 0 Å². The highest BCUT2D eigenvalue weighted by Gasteiger charge is 2.06. The van der Waals surface area contributed by atoms with Crippen LogP contribution in [0.15, 0.2) is 23.3 Å². The molecule has 0 aliphatic heterocycles. The zero-order chi connectivity index (χ0) is 11.5. The summed E-state index contributed by atoms with van der Waals surface area (Å²) in [5, 5.41) is 0.601. The summed E-state index contributed by atoms with van der Waals surface area (Å²) in [7, 11) is 0. The summed E-state index contributed by atoms with van der Waals surface area (Å²) < 4.78 is 1.73. The maximum absolute atomic E-state index is 12.1. The Balaban J connectivity index is 2.61. The summed E-state index contributed by atoms with van der Waals surface area (Å²) in [5.41, 5.74) is 0.745. The van der Waals surface area contributed by atoms with Gasteiger partial charge in [-0.3, -0.25) is 14.3 Å². The summed E-state index contributed by atoms with van der Waals surface area (Å²) in [6.45, 7) is 4.71. The highest BCUT2D eigenvalue weighted by atomic mass is 16.1. The quantitative estimate of drug-likeness (QED) is 0.789. The maximum Gasteiger partial charge on any atom is 0.262 e. The molecule has 0 aliphatic rings. The molecule has 0 spiro atoms. The van der Waals surface area contributed by atoms with Gasteiger partial charge in [-0.2, -0.15) is 0 Å². The Morgan fingerprint density at radius 3 is 3.00 bits per heavy atom. The smallest absolute Gasteiger partial charge is 0.262 e. The SMILES string of the molecule is CCCCn1c(C)nc2ccncc2c1=O. The van der Waals surface area contributed by atoms with Crippen LogP contribution in [0.3, 0.4) is 0 Å². The van der Waals surface area contributed by atoms with Crippen molar-refractivity contribution in [1.82, 2.24) is 14.5 Å². The fourth-order valence-corrected chi connectivity index (χ4v) is 1.76. The standard InChI is InChI=1S/C12H15N3O/c1-3-4-7-15-9(2)14-11-5-6-13-8-10(11)12(15)16/h5-6,8H,3-4,7H2,1-2H3. The first-order valence-electron chi connectivity index (χ1n) is 5.55. The molecule has 0 saturated heterocycles. The molecule has 0 aromatic carbocycles. The number of pyridine rings is 1. The van der Waals surface area contributed by atoms with Crippen molar-refractivity contribution in [2.45, 2.75) is 33.2 Å². The highest BCUT2D eigenvalue weighted by molar-refractivity contribution is 5.76. The number of hydrogen-bond acceptors (Lipinski definition) is 3. The van der Waals surface area contributed by atoms with E-state index in [9.17, 15) is 4.79 Å². The lowest BCUT2D eigenvalue weighted by Crippen LogP contribution is -2.24. The number of nitrogens with zero attached hydrogens (tertiary/aromatic N) is 3. The molecule has 0 saturated carbocycles. The first-order valence-corrected chi connectivity index (χ1v) is 5.55. The third kappa shape index (κ3) is 1.83. The maximum atomic E-state index is 12.1. The second-order valence-electron chi connectivity index (χ2n) is 3.86. The number of aromatic nitrogens is 3. The fourth-order valence-electron chi connectivity index (χ4n) is 1.76. The fraction of sp³-hybridized carbons (Fsp3) is 0.417. The van der Waals surface area contributed by atoms with Gasteiger partial charge in [-0.05, 0) is 19.4 Å². The van der Waals surface area contributed by atoms with Crippen molar-refractivity contribution in [1.29, 1.82) is 0 Å². The average Bonchev–Trinajstić information content (AvgIpc) is 2.29. The largest absolute Gasteiger partial charge is 0.296 e. The van der Waals surface area contributed by atoms with Crippen molar-refractivity contribution >= 4 is 10.9 Å². The monoisotopic (exact) mass is 217 g/mol. The van der Waals surface area contributed by atoms with Crippen LogP contribution in [-0.4, -0.2) is 14.5 Å². The number of rotatable bonds is 3. The van der Waals surface area contributed by atoms with Gasteiger partial charge in [0.05, 0.1) is 10.9 Å². The van der Waals surface area contributed by atoms with E-state index in [2.05, 4.69) is 16.9 Å². The molecule has 2 rings (SSSR count). The topological polar surface area (TPSA) is 47.8 Å². The number of aryl methyl sites for hydroxylation is 1. The minimum atomic E-state index is 0.0176. The first-order chi connectivity index (χ1) is 7.74. The zero-order valence-electron chi connectivity index (χ0n) is 9.60. The van der Waals surface area contributed by atoms with Crippen molar-refractivity contribution in [2.75, 3.05) is 0 Å². The van der Waals surface area contributed by atoms with Gasteiger partial charge in [-0.25, -0.2) is 4.98 Å². The predicted molar refractivity (Wildman–Crippen MR) is 63.4 cm³/mol. The molecule has 84 valence electrons. The Labute approximate surface area is 94.0 Å². The van der Waals surface area contributed by atoms with Crippen molar-refractivity contribution < 1.29 is 0 Å². The van der Waals surface area contributed by atoms with Crippen LogP contribution in [0.5, 0.6) is 0 Å². The van der Waals surface area contributed by atoms with Gasteiger partial charge in [0.15, 0.2) is 0 Å².